The van der Waals surface area contributed by atoms with E-state index in [9.17, 15) is 22.8 Å². The van der Waals surface area contributed by atoms with Crippen molar-refractivity contribution >= 4 is 50.3 Å². The molecular weight excluding hydrogens is 540 g/mol. The lowest BCUT2D eigenvalue weighted by atomic mass is 9.91. The van der Waals surface area contributed by atoms with Crippen LogP contribution in [-0.2, 0) is 38.6 Å². The second kappa shape index (κ2) is 9.49. The molecule has 0 aliphatic carbocycles. The Morgan fingerprint density at radius 2 is 1.87 bits per heavy atom. The van der Waals surface area contributed by atoms with Crippen molar-refractivity contribution in [3.63, 3.8) is 0 Å². The van der Waals surface area contributed by atoms with Crippen LogP contribution in [0.25, 0.3) is 10.9 Å². The summed E-state index contributed by atoms with van der Waals surface area (Å²) < 4.78 is 45.6. The van der Waals surface area contributed by atoms with Gasteiger partial charge in [-0.15, -0.1) is 0 Å². The molecule has 14 heteroatoms. The highest BCUT2D eigenvalue weighted by molar-refractivity contribution is 7.89. The van der Waals surface area contributed by atoms with Gasteiger partial charge in [-0.25, -0.2) is 13.2 Å². The summed E-state index contributed by atoms with van der Waals surface area (Å²) in [5.41, 5.74) is -2.09. The number of hydrogen-bond acceptors (Lipinski definition) is 8. The molecule has 1 spiro atoms. The third-order valence-corrected chi connectivity index (χ3v) is 9.62. The zero-order valence-electron chi connectivity index (χ0n) is 21.2. The first-order valence-electron chi connectivity index (χ1n) is 12.1. The number of H-pyrrole nitrogens is 1. The lowest BCUT2D eigenvalue weighted by Gasteiger charge is -2.47. The third kappa shape index (κ3) is 4.26. The van der Waals surface area contributed by atoms with Crippen LogP contribution in [0, 0.1) is 0 Å². The highest BCUT2D eigenvalue weighted by Crippen LogP contribution is 2.46. The van der Waals surface area contributed by atoms with E-state index in [1.165, 1.54) is 32.1 Å². The molecule has 12 nitrogen and oxygen atoms in total. The SMILES string of the molecule is COC(=O)C(OC)C12CN(S(=O)(=O)c3cc4cc(Cl)ccc4[nH]3)CC(=O)N1CC1(CCN(C(C)=O)CC1)O2. The summed E-state index contributed by atoms with van der Waals surface area (Å²) in [5, 5.41) is 0.915. The molecule has 3 aliphatic rings. The second-order valence-corrected chi connectivity index (χ2v) is 12.2. The lowest BCUT2D eigenvalue weighted by Crippen LogP contribution is -2.70. The van der Waals surface area contributed by atoms with E-state index in [1.807, 2.05) is 0 Å². The van der Waals surface area contributed by atoms with Crippen molar-refractivity contribution in [2.75, 3.05) is 46.9 Å². The number of ether oxygens (including phenoxy) is 3. The molecule has 1 N–H and O–H groups in total. The minimum absolute atomic E-state index is 0.0671. The van der Waals surface area contributed by atoms with E-state index in [0.29, 0.717) is 41.9 Å². The predicted molar refractivity (Wildman–Crippen MR) is 135 cm³/mol. The fraction of sp³-hybridized carbons (Fsp3) is 0.542. The van der Waals surface area contributed by atoms with Crippen LogP contribution in [0.4, 0.5) is 0 Å². The van der Waals surface area contributed by atoms with Crippen LogP contribution >= 0.6 is 11.6 Å². The van der Waals surface area contributed by atoms with Crippen LogP contribution in [0.2, 0.25) is 5.02 Å². The summed E-state index contributed by atoms with van der Waals surface area (Å²) in [7, 11) is -1.78. The summed E-state index contributed by atoms with van der Waals surface area (Å²) in [5.74, 6) is -1.40. The van der Waals surface area contributed by atoms with Gasteiger partial charge in [-0.05, 0) is 37.1 Å². The number of nitrogens with zero attached hydrogens (tertiary/aromatic N) is 3. The Bertz CT molecular complexity index is 1400. The third-order valence-electron chi connectivity index (χ3n) is 7.67. The fourth-order valence-electron chi connectivity index (χ4n) is 5.71. The van der Waals surface area contributed by atoms with Gasteiger partial charge in [-0.1, -0.05) is 11.6 Å². The number of methoxy groups -OCH3 is 2. The number of carbonyl (C=O) groups is 3. The zero-order valence-corrected chi connectivity index (χ0v) is 22.8. The van der Waals surface area contributed by atoms with E-state index in [2.05, 4.69) is 4.98 Å². The van der Waals surface area contributed by atoms with Gasteiger partial charge in [0, 0.05) is 43.0 Å². The molecule has 2 amide bonds. The molecule has 0 saturated carbocycles. The number of amides is 2. The normalized spacial score (nSPS) is 24.6. The summed E-state index contributed by atoms with van der Waals surface area (Å²) in [4.78, 5) is 44.3. The first-order chi connectivity index (χ1) is 17.9. The van der Waals surface area contributed by atoms with Crippen molar-refractivity contribution in [1.82, 2.24) is 19.1 Å². The van der Waals surface area contributed by atoms with Crippen LogP contribution in [0.3, 0.4) is 0 Å². The monoisotopic (exact) mass is 568 g/mol. The zero-order chi connectivity index (χ0) is 27.5. The van der Waals surface area contributed by atoms with E-state index in [4.69, 9.17) is 25.8 Å². The topological polar surface area (TPSA) is 139 Å². The number of aromatic nitrogens is 1. The van der Waals surface area contributed by atoms with Crippen LogP contribution < -0.4 is 0 Å². The van der Waals surface area contributed by atoms with Crippen molar-refractivity contribution in [2.45, 2.75) is 42.2 Å². The van der Waals surface area contributed by atoms with Gasteiger partial charge < -0.3 is 29.0 Å². The lowest BCUT2D eigenvalue weighted by molar-refractivity contribution is -0.228. The van der Waals surface area contributed by atoms with E-state index in [0.717, 1.165) is 4.31 Å². The van der Waals surface area contributed by atoms with Gasteiger partial charge in [0.1, 0.15) is 5.03 Å². The summed E-state index contributed by atoms with van der Waals surface area (Å²) in [6.45, 7) is 1.62. The molecule has 3 aliphatic heterocycles. The standard InChI is InChI=1S/C24H29ClN4O8S/c1-15(30)27-8-6-23(7-9-27)13-29-20(31)12-28(14-24(29,37-23)21(35-2)22(32)36-3)38(33,34)19-11-16-10-17(25)4-5-18(16)26-19/h4-5,10-11,21,26H,6-9,12-14H2,1-3H3. The van der Waals surface area contributed by atoms with Gasteiger partial charge in [0.05, 0.1) is 32.3 Å². The molecule has 2 unspecified atom stereocenters. The summed E-state index contributed by atoms with van der Waals surface area (Å²) >= 11 is 6.06. The van der Waals surface area contributed by atoms with Crippen molar-refractivity contribution in [1.29, 1.82) is 0 Å². The molecule has 5 rings (SSSR count). The number of piperidine rings is 1. The van der Waals surface area contributed by atoms with E-state index in [1.54, 1.807) is 23.1 Å². The average molecular weight is 569 g/mol. The Hall–Kier alpha value is -2.71. The molecule has 3 fully saturated rings. The number of rotatable bonds is 5. The Labute approximate surface area is 224 Å². The van der Waals surface area contributed by atoms with Gasteiger partial charge in [-0.3, -0.25) is 9.59 Å². The maximum Gasteiger partial charge on any atom is 0.340 e. The number of fused-ring (bicyclic) bond motifs is 2. The Kier molecular flexibility index (Phi) is 6.71. The quantitative estimate of drug-likeness (QED) is 0.526. The number of halogens is 1. The number of nitrogens with one attached hydrogen (secondary N) is 1. The number of esters is 1. The number of carbonyl (C=O) groups excluding carboxylic acids is 3. The highest BCUT2D eigenvalue weighted by Gasteiger charge is 2.66. The van der Waals surface area contributed by atoms with Crippen LogP contribution in [0.1, 0.15) is 19.8 Å². The number of hydrogen-bond donors (Lipinski definition) is 1. The van der Waals surface area contributed by atoms with Crippen molar-refractivity contribution < 1.29 is 37.0 Å². The van der Waals surface area contributed by atoms with Crippen molar-refractivity contribution in [2.24, 2.45) is 0 Å². The molecule has 4 heterocycles. The number of likely N-dealkylation sites (tertiary alicyclic amines) is 1. The summed E-state index contributed by atoms with van der Waals surface area (Å²) in [6, 6.07) is 6.38. The molecule has 0 radical (unpaired) electrons. The van der Waals surface area contributed by atoms with Crippen LogP contribution in [-0.4, -0.2) is 110 Å². The molecule has 0 bridgehead atoms. The van der Waals surface area contributed by atoms with Gasteiger partial charge in [0.25, 0.3) is 10.0 Å². The molecule has 2 aromatic rings. The molecule has 38 heavy (non-hydrogen) atoms. The number of benzene rings is 1. The Balaban J connectivity index is 1.54. The molecule has 1 aromatic carbocycles. The fourth-order valence-corrected chi connectivity index (χ4v) is 7.32. The number of sulfonamides is 1. The van der Waals surface area contributed by atoms with Gasteiger partial charge in [0.15, 0.2) is 5.72 Å². The number of piperazine rings is 1. The number of aromatic amines is 1. The first kappa shape index (κ1) is 26.9. The predicted octanol–water partition coefficient (Wildman–Crippen LogP) is 0.950. The molecule has 3 saturated heterocycles. The van der Waals surface area contributed by atoms with Crippen LogP contribution in [0.15, 0.2) is 29.3 Å². The van der Waals surface area contributed by atoms with Crippen molar-refractivity contribution in [3.05, 3.63) is 29.3 Å². The van der Waals surface area contributed by atoms with Gasteiger partial charge >= 0.3 is 5.97 Å². The highest BCUT2D eigenvalue weighted by atomic mass is 35.5. The molecular formula is C24H29ClN4O8S. The first-order valence-corrected chi connectivity index (χ1v) is 13.9. The smallest absolute Gasteiger partial charge is 0.340 e. The van der Waals surface area contributed by atoms with Gasteiger partial charge in [0.2, 0.25) is 17.9 Å². The Morgan fingerprint density at radius 1 is 1.16 bits per heavy atom. The van der Waals surface area contributed by atoms with E-state index < -0.39 is 45.9 Å². The average Bonchev–Trinajstić information content (AvgIpc) is 3.44. The maximum atomic E-state index is 13.8. The second-order valence-electron chi connectivity index (χ2n) is 9.89. The molecule has 206 valence electrons. The van der Waals surface area contributed by atoms with E-state index in [-0.39, 0.29) is 24.0 Å². The molecule has 2 atom stereocenters. The minimum Gasteiger partial charge on any atom is -0.467 e. The minimum atomic E-state index is -4.24. The summed E-state index contributed by atoms with van der Waals surface area (Å²) in [6.07, 6.45) is -0.600. The van der Waals surface area contributed by atoms with Crippen LogP contribution in [0.5, 0.6) is 0 Å². The van der Waals surface area contributed by atoms with E-state index >= 15 is 0 Å². The largest absolute Gasteiger partial charge is 0.467 e. The van der Waals surface area contributed by atoms with Gasteiger partial charge in [-0.2, -0.15) is 4.31 Å². The maximum absolute atomic E-state index is 13.8. The Morgan fingerprint density at radius 3 is 2.50 bits per heavy atom. The molecule has 1 aromatic heterocycles. The van der Waals surface area contributed by atoms with Crippen molar-refractivity contribution in [3.8, 4) is 0 Å².